The van der Waals surface area contributed by atoms with Gasteiger partial charge in [0.05, 0.1) is 0 Å². The highest BCUT2D eigenvalue weighted by molar-refractivity contribution is 6.10. The second-order valence-electron chi connectivity index (χ2n) is 8.95. The fourth-order valence-corrected chi connectivity index (χ4v) is 4.04. The summed E-state index contributed by atoms with van der Waals surface area (Å²) in [5, 5.41) is 19.5. The van der Waals surface area contributed by atoms with Crippen LogP contribution in [-0.4, -0.2) is 31.1 Å². The summed E-state index contributed by atoms with van der Waals surface area (Å²) in [6.45, 7) is 6.74. The van der Waals surface area contributed by atoms with E-state index in [0.717, 1.165) is 33.1 Å². The average Bonchev–Trinajstić information content (AvgIpc) is 3.41. The van der Waals surface area contributed by atoms with Crippen LogP contribution in [0.2, 0.25) is 0 Å². The Morgan fingerprint density at radius 2 is 1.72 bits per heavy atom. The number of fused-ring (bicyclic) bond motifs is 3. The van der Waals surface area contributed by atoms with Crippen molar-refractivity contribution >= 4 is 33.4 Å². The molecule has 160 valence electrons. The Morgan fingerprint density at radius 3 is 2.44 bits per heavy atom. The van der Waals surface area contributed by atoms with Gasteiger partial charge in [-0.1, -0.05) is 51.1 Å². The number of aromatic nitrogens is 5. The summed E-state index contributed by atoms with van der Waals surface area (Å²) >= 11 is 0. The first-order valence-electron chi connectivity index (χ1n) is 10.6. The normalized spacial score (nSPS) is 11.8. The van der Waals surface area contributed by atoms with Gasteiger partial charge in [0.1, 0.15) is 6.54 Å². The second-order valence-corrected chi connectivity index (χ2v) is 8.95. The van der Waals surface area contributed by atoms with Crippen LogP contribution in [0.1, 0.15) is 26.3 Å². The molecular formula is C25H24N6O. The minimum Gasteiger partial charge on any atom is -0.331 e. The fraction of sp³-hybridized carbons (Fsp3) is 0.200. The molecule has 5 aromatic rings. The molecule has 0 fully saturated rings. The van der Waals surface area contributed by atoms with Crippen LogP contribution in [-0.2, 0) is 16.8 Å². The van der Waals surface area contributed by atoms with Gasteiger partial charge < -0.3 is 9.88 Å². The number of carbonyl (C=O) groups excluding carboxylic acids is 1. The van der Waals surface area contributed by atoms with Gasteiger partial charge in [0.15, 0.2) is 0 Å². The van der Waals surface area contributed by atoms with E-state index in [1.54, 1.807) is 0 Å². The number of rotatable bonds is 4. The molecule has 3 aromatic carbocycles. The Balaban J connectivity index is 1.47. The van der Waals surface area contributed by atoms with E-state index >= 15 is 0 Å². The van der Waals surface area contributed by atoms with Crippen molar-refractivity contribution in [2.45, 2.75) is 32.7 Å². The molecule has 0 bridgehead atoms. The number of benzene rings is 3. The van der Waals surface area contributed by atoms with Crippen LogP contribution in [0, 0.1) is 0 Å². The summed E-state index contributed by atoms with van der Waals surface area (Å²) in [7, 11) is 0. The van der Waals surface area contributed by atoms with Crippen LogP contribution in [0.4, 0.5) is 5.69 Å². The lowest BCUT2D eigenvalue weighted by Crippen LogP contribution is -2.19. The molecule has 0 atom stereocenters. The van der Waals surface area contributed by atoms with Crippen LogP contribution >= 0.6 is 0 Å². The first-order chi connectivity index (χ1) is 15.4. The third-order valence-electron chi connectivity index (χ3n) is 5.71. The molecule has 0 saturated carbocycles. The van der Waals surface area contributed by atoms with Crippen molar-refractivity contribution in [2.24, 2.45) is 0 Å². The summed E-state index contributed by atoms with van der Waals surface area (Å²) in [6.07, 6.45) is 0. The molecule has 5 rings (SSSR count). The van der Waals surface area contributed by atoms with Gasteiger partial charge >= 0.3 is 0 Å². The minimum atomic E-state index is -0.0709. The Bertz CT molecular complexity index is 1410. The highest BCUT2D eigenvalue weighted by Crippen LogP contribution is 2.32. The molecule has 0 unspecified atom stereocenters. The van der Waals surface area contributed by atoms with Gasteiger partial charge in [-0.25, -0.2) is 0 Å². The zero-order valence-corrected chi connectivity index (χ0v) is 18.3. The van der Waals surface area contributed by atoms with E-state index in [1.807, 2.05) is 53.1 Å². The largest absolute Gasteiger partial charge is 0.331 e. The van der Waals surface area contributed by atoms with Gasteiger partial charge in [0.25, 0.3) is 0 Å². The molecule has 32 heavy (non-hydrogen) atoms. The number of nitrogens with one attached hydrogen (secondary N) is 2. The Kier molecular flexibility index (Phi) is 4.74. The van der Waals surface area contributed by atoms with Crippen LogP contribution in [0.25, 0.3) is 33.2 Å². The maximum Gasteiger partial charge on any atom is 0.244 e. The zero-order valence-electron chi connectivity index (χ0n) is 18.3. The molecule has 7 nitrogen and oxygen atoms in total. The molecule has 2 N–H and O–H groups in total. The number of H-pyrrole nitrogens is 1. The summed E-state index contributed by atoms with van der Waals surface area (Å²) in [4.78, 5) is 12.9. The lowest BCUT2D eigenvalue weighted by Gasteiger charge is -2.19. The molecule has 0 spiro atoms. The predicted octanol–water partition coefficient (Wildman–Crippen LogP) is 4.91. The Labute approximate surface area is 185 Å². The number of anilines is 1. The topological polar surface area (TPSA) is 88.5 Å². The number of amides is 1. The molecule has 0 radical (unpaired) electrons. The third-order valence-corrected chi connectivity index (χ3v) is 5.71. The van der Waals surface area contributed by atoms with E-state index in [4.69, 9.17) is 0 Å². The van der Waals surface area contributed by atoms with Crippen molar-refractivity contribution in [3.8, 4) is 11.4 Å². The monoisotopic (exact) mass is 424 g/mol. The summed E-state index contributed by atoms with van der Waals surface area (Å²) in [6, 6.07) is 22.1. The van der Waals surface area contributed by atoms with Crippen molar-refractivity contribution in [1.82, 2.24) is 25.2 Å². The number of carbonyl (C=O) groups is 1. The summed E-state index contributed by atoms with van der Waals surface area (Å²) in [5.74, 6) is 0.471. The van der Waals surface area contributed by atoms with Crippen molar-refractivity contribution in [2.75, 3.05) is 5.32 Å². The van der Waals surface area contributed by atoms with Gasteiger partial charge in [-0.2, -0.15) is 5.21 Å². The standard InChI is InChI=1S/C25H24N6O/c1-25(2,3)17-9-11-18(12-10-17)26-23(32)15-31-21-7-5-4-6-19(21)20-14-16(8-13-22(20)31)24-27-29-30-28-24/h4-14H,15H2,1-3H3,(H,26,32)(H,27,28,29,30). The van der Waals surface area contributed by atoms with E-state index in [1.165, 1.54) is 5.56 Å². The van der Waals surface area contributed by atoms with E-state index in [9.17, 15) is 4.79 Å². The van der Waals surface area contributed by atoms with Crippen LogP contribution in [0.3, 0.4) is 0 Å². The Hall–Kier alpha value is -4.00. The van der Waals surface area contributed by atoms with Gasteiger partial charge in [0, 0.05) is 33.1 Å². The van der Waals surface area contributed by atoms with Crippen molar-refractivity contribution in [1.29, 1.82) is 0 Å². The van der Waals surface area contributed by atoms with Gasteiger partial charge in [-0.05, 0) is 52.6 Å². The van der Waals surface area contributed by atoms with Crippen LogP contribution in [0.15, 0.2) is 66.7 Å². The SMILES string of the molecule is CC(C)(C)c1ccc(NC(=O)Cn2c3ccccc3c3cc(-c4nn[nH]n4)ccc32)cc1. The minimum absolute atomic E-state index is 0.0709. The number of hydrogen-bond acceptors (Lipinski definition) is 4. The Morgan fingerprint density at radius 1 is 0.969 bits per heavy atom. The van der Waals surface area contributed by atoms with Gasteiger partial charge in [-0.15, -0.1) is 10.2 Å². The zero-order chi connectivity index (χ0) is 22.3. The van der Waals surface area contributed by atoms with Crippen molar-refractivity contribution in [3.05, 3.63) is 72.3 Å². The summed E-state index contributed by atoms with van der Waals surface area (Å²) in [5.41, 5.74) is 4.96. The maximum atomic E-state index is 12.9. The molecule has 1 amide bonds. The first-order valence-corrected chi connectivity index (χ1v) is 10.6. The fourth-order valence-electron chi connectivity index (χ4n) is 4.04. The molecule has 0 saturated heterocycles. The molecule has 2 aromatic heterocycles. The molecule has 7 heteroatoms. The van der Waals surface area contributed by atoms with Gasteiger partial charge in [-0.3, -0.25) is 4.79 Å². The van der Waals surface area contributed by atoms with Crippen LogP contribution in [0.5, 0.6) is 0 Å². The number of nitrogens with zero attached hydrogens (tertiary/aromatic N) is 4. The molecule has 2 heterocycles. The van der Waals surface area contributed by atoms with E-state index < -0.39 is 0 Å². The quantitative estimate of drug-likeness (QED) is 0.429. The molecule has 0 aliphatic heterocycles. The first kappa shape index (κ1) is 19.9. The second kappa shape index (κ2) is 7.60. The van der Waals surface area contributed by atoms with E-state index in [2.05, 4.69) is 64.9 Å². The number of aromatic amines is 1. The lowest BCUT2D eigenvalue weighted by molar-refractivity contribution is -0.116. The maximum absolute atomic E-state index is 12.9. The van der Waals surface area contributed by atoms with Crippen LogP contribution < -0.4 is 5.32 Å². The van der Waals surface area contributed by atoms with E-state index in [0.29, 0.717) is 5.82 Å². The average molecular weight is 425 g/mol. The molecule has 0 aliphatic carbocycles. The highest BCUT2D eigenvalue weighted by Gasteiger charge is 2.16. The van der Waals surface area contributed by atoms with Crippen molar-refractivity contribution in [3.63, 3.8) is 0 Å². The van der Waals surface area contributed by atoms with Gasteiger partial charge in [0.2, 0.25) is 11.7 Å². The highest BCUT2D eigenvalue weighted by atomic mass is 16.1. The predicted molar refractivity (Wildman–Crippen MR) is 126 cm³/mol. The van der Waals surface area contributed by atoms with Crippen molar-refractivity contribution < 1.29 is 4.79 Å². The van der Waals surface area contributed by atoms with E-state index in [-0.39, 0.29) is 17.9 Å². The smallest absolute Gasteiger partial charge is 0.244 e. The summed E-state index contributed by atoms with van der Waals surface area (Å²) < 4.78 is 2.05. The molecule has 0 aliphatic rings. The lowest BCUT2D eigenvalue weighted by atomic mass is 9.87. The number of hydrogen-bond donors (Lipinski definition) is 2. The third kappa shape index (κ3) is 3.62. The number of tetrazole rings is 1. The molecular weight excluding hydrogens is 400 g/mol. The number of para-hydroxylation sites is 1.